The number of nitrogens with one attached hydrogen (secondary N) is 1. The van der Waals surface area contributed by atoms with E-state index in [1.54, 1.807) is 19.1 Å². The first-order valence-electron chi connectivity index (χ1n) is 6.87. The van der Waals surface area contributed by atoms with E-state index >= 15 is 0 Å². The van der Waals surface area contributed by atoms with E-state index in [0.717, 1.165) is 17.7 Å². The van der Waals surface area contributed by atoms with Gasteiger partial charge in [-0.3, -0.25) is 10.1 Å². The lowest BCUT2D eigenvalue weighted by Gasteiger charge is -2.08. The predicted octanol–water partition coefficient (Wildman–Crippen LogP) is 3.02. The molecular weight excluding hydrogens is 266 g/mol. The minimum Gasteiger partial charge on any atom is -0.381 e. The summed E-state index contributed by atoms with van der Waals surface area (Å²) in [6.45, 7) is 3.01. The average Bonchev–Trinajstić information content (AvgIpc) is 2.48. The molecule has 5 heteroatoms. The van der Waals surface area contributed by atoms with Crippen LogP contribution in [-0.2, 0) is 13.0 Å². The molecule has 0 saturated heterocycles. The lowest BCUT2D eigenvalue weighted by molar-refractivity contribution is -0.385. The molecule has 0 bridgehead atoms. The fourth-order valence-corrected chi connectivity index (χ4v) is 2.11. The summed E-state index contributed by atoms with van der Waals surface area (Å²) in [6.07, 6.45) is 0.873. The standard InChI is InChI=1S/C16H19N3O2/c1-12-2-7-15(10-16(12)19(20)21)18-11-14-5-3-13(4-6-14)8-9-17/h2-7,10,18H,8-9,11,17H2,1H3. The third kappa shape index (κ3) is 4.03. The molecule has 0 radical (unpaired) electrons. The van der Waals surface area contributed by atoms with Gasteiger partial charge in [-0.25, -0.2) is 0 Å². The molecule has 0 aliphatic carbocycles. The number of hydrogen-bond acceptors (Lipinski definition) is 4. The first-order valence-corrected chi connectivity index (χ1v) is 6.87. The van der Waals surface area contributed by atoms with Gasteiger partial charge in [0, 0.05) is 23.9 Å². The maximum absolute atomic E-state index is 10.9. The minimum absolute atomic E-state index is 0.137. The monoisotopic (exact) mass is 285 g/mol. The highest BCUT2D eigenvalue weighted by molar-refractivity contribution is 5.55. The second-order valence-electron chi connectivity index (χ2n) is 4.97. The van der Waals surface area contributed by atoms with Crippen LogP contribution in [0.5, 0.6) is 0 Å². The van der Waals surface area contributed by atoms with E-state index in [0.29, 0.717) is 18.7 Å². The number of nitro groups is 1. The minimum atomic E-state index is -0.359. The Morgan fingerprint density at radius 2 is 1.81 bits per heavy atom. The van der Waals surface area contributed by atoms with Gasteiger partial charge in [-0.15, -0.1) is 0 Å². The lowest BCUT2D eigenvalue weighted by atomic mass is 10.1. The number of nitrogens with two attached hydrogens (primary N) is 1. The van der Waals surface area contributed by atoms with Gasteiger partial charge in [0.1, 0.15) is 0 Å². The van der Waals surface area contributed by atoms with E-state index in [2.05, 4.69) is 17.4 Å². The molecule has 0 amide bonds. The predicted molar refractivity (Wildman–Crippen MR) is 84.4 cm³/mol. The number of nitrogens with zero attached hydrogens (tertiary/aromatic N) is 1. The second kappa shape index (κ2) is 6.85. The lowest BCUT2D eigenvalue weighted by Crippen LogP contribution is -2.03. The smallest absolute Gasteiger partial charge is 0.274 e. The molecule has 0 aliphatic heterocycles. The van der Waals surface area contributed by atoms with Crippen molar-refractivity contribution in [3.8, 4) is 0 Å². The van der Waals surface area contributed by atoms with Crippen LogP contribution in [0.4, 0.5) is 11.4 Å². The summed E-state index contributed by atoms with van der Waals surface area (Å²) in [4.78, 5) is 10.6. The van der Waals surface area contributed by atoms with Crippen molar-refractivity contribution < 1.29 is 4.92 Å². The van der Waals surface area contributed by atoms with Crippen LogP contribution in [0.3, 0.4) is 0 Å². The highest BCUT2D eigenvalue weighted by Crippen LogP contribution is 2.22. The summed E-state index contributed by atoms with van der Waals surface area (Å²) >= 11 is 0. The summed E-state index contributed by atoms with van der Waals surface area (Å²) in [7, 11) is 0. The number of rotatable bonds is 6. The second-order valence-corrected chi connectivity index (χ2v) is 4.97. The normalized spacial score (nSPS) is 10.4. The fourth-order valence-electron chi connectivity index (χ4n) is 2.11. The molecule has 0 unspecified atom stereocenters. The van der Waals surface area contributed by atoms with E-state index in [1.165, 1.54) is 5.56 Å². The van der Waals surface area contributed by atoms with E-state index in [9.17, 15) is 10.1 Å². The van der Waals surface area contributed by atoms with E-state index in [1.807, 2.05) is 18.2 Å². The van der Waals surface area contributed by atoms with Crippen molar-refractivity contribution in [2.75, 3.05) is 11.9 Å². The molecule has 0 aliphatic rings. The third-order valence-electron chi connectivity index (χ3n) is 3.36. The zero-order valence-electron chi connectivity index (χ0n) is 12.0. The van der Waals surface area contributed by atoms with Crippen molar-refractivity contribution in [1.29, 1.82) is 0 Å². The number of benzene rings is 2. The maximum Gasteiger partial charge on any atom is 0.274 e. The van der Waals surface area contributed by atoms with Crippen molar-refractivity contribution in [2.24, 2.45) is 5.73 Å². The van der Waals surface area contributed by atoms with E-state index in [4.69, 9.17) is 5.73 Å². The zero-order chi connectivity index (χ0) is 15.2. The fraction of sp³-hybridized carbons (Fsp3) is 0.250. The molecule has 0 saturated carbocycles. The van der Waals surface area contributed by atoms with Crippen molar-refractivity contribution in [2.45, 2.75) is 19.9 Å². The van der Waals surface area contributed by atoms with Crippen LogP contribution in [-0.4, -0.2) is 11.5 Å². The van der Waals surface area contributed by atoms with Crippen molar-refractivity contribution in [3.63, 3.8) is 0 Å². The van der Waals surface area contributed by atoms with Crippen LogP contribution in [0.1, 0.15) is 16.7 Å². The summed E-state index contributed by atoms with van der Waals surface area (Å²) in [6, 6.07) is 13.4. The molecule has 2 rings (SSSR count). The van der Waals surface area contributed by atoms with Gasteiger partial charge in [0.25, 0.3) is 5.69 Å². The molecule has 0 spiro atoms. The van der Waals surface area contributed by atoms with Crippen LogP contribution < -0.4 is 11.1 Å². The summed E-state index contributed by atoms with van der Waals surface area (Å²) < 4.78 is 0. The molecule has 0 aromatic heterocycles. The van der Waals surface area contributed by atoms with Gasteiger partial charge >= 0.3 is 0 Å². The van der Waals surface area contributed by atoms with Crippen LogP contribution in [0, 0.1) is 17.0 Å². The highest BCUT2D eigenvalue weighted by Gasteiger charge is 2.10. The topological polar surface area (TPSA) is 81.2 Å². The van der Waals surface area contributed by atoms with Crippen molar-refractivity contribution in [1.82, 2.24) is 0 Å². The van der Waals surface area contributed by atoms with Crippen molar-refractivity contribution >= 4 is 11.4 Å². The highest BCUT2D eigenvalue weighted by atomic mass is 16.6. The number of anilines is 1. The summed E-state index contributed by atoms with van der Waals surface area (Å²) in [5.74, 6) is 0. The van der Waals surface area contributed by atoms with Gasteiger partial charge in [0.2, 0.25) is 0 Å². The molecule has 3 N–H and O–H groups in total. The Morgan fingerprint density at radius 3 is 2.43 bits per heavy atom. The molecule has 5 nitrogen and oxygen atoms in total. The number of nitro benzene ring substituents is 1. The molecule has 0 fully saturated rings. The van der Waals surface area contributed by atoms with Crippen LogP contribution >= 0.6 is 0 Å². The van der Waals surface area contributed by atoms with Gasteiger partial charge in [-0.2, -0.15) is 0 Å². The molecule has 21 heavy (non-hydrogen) atoms. The Bertz CT molecular complexity index is 624. The van der Waals surface area contributed by atoms with Crippen LogP contribution in [0.15, 0.2) is 42.5 Å². The first kappa shape index (κ1) is 15.0. The quantitative estimate of drug-likeness (QED) is 0.631. The average molecular weight is 285 g/mol. The van der Waals surface area contributed by atoms with Gasteiger partial charge in [0.15, 0.2) is 0 Å². The van der Waals surface area contributed by atoms with Crippen LogP contribution in [0.25, 0.3) is 0 Å². The Balaban J connectivity index is 2.02. The molecule has 0 atom stereocenters. The largest absolute Gasteiger partial charge is 0.381 e. The summed E-state index contributed by atoms with van der Waals surface area (Å²) in [5.41, 5.74) is 9.41. The Morgan fingerprint density at radius 1 is 1.14 bits per heavy atom. The van der Waals surface area contributed by atoms with E-state index < -0.39 is 0 Å². The Hall–Kier alpha value is -2.40. The summed E-state index contributed by atoms with van der Waals surface area (Å²) in [5, 5.41) is 14.1. The molecular formula is C16H19N3O2. The Kier molecular flexibility index (Phi) is 4.90. The van der Waals surface area contributed by atoms with Gasteiger partial charge < -0.3 is 11.1 Å². The van der Waals surface area contributed by atoms with Gasteiger partial charge in [0.05, 0.1) is 4.92 Å². The first-order chi connectivity index (χ1) is 10.1. The molecule has 0 heterocycles. The zero-order valence-corrected chi connectivity index (χ0v) is 12.0. The van der Waals surface area contributed by atoms with E-state index in [-0.39, 0.29) is 10.6 Å². The van der Waals surface area contributed by atoms with Crippen molar-refractivity contribution in [3.05, 3.63) is 69.3 Å². The van der Waals surface area contributed by atoms with Gasteiger partial charge in [-0.1, -0.05) is 30.3 Å². The number of aryl methyl sites for hydroxylation is 1. The number of hydrogen-bond donors (Lipinski definition) is 2. The Labute approximate surface area is 123 Å². The third-order valence-corrected chi connectivity index (χ3v) is 3.36. The molecule has 2 aromatic carbocycles. The SMILES string of the molecule is Cc1ccc(NCc2ccc(CCN)cc2)cc1[N+](=O)[O-]. The van der Waals surface area contributed by atoms with Gasteiger partial charge in [-0.05, 0) is 37.1 Å². The molecule has 110 valence electrons. The molecule has 2 aromatic rings. The maximum atomic E-state index is 10.9. The van der Waals surface area contributed by atoms with Crippen LogP contribution in [0.2, 0.25) is 0 Å².